The molecule has 4 rings (SSSR count). The molecule has 0 saturated heterocycles. The minimum Gasteiger partial charge on any atom is -0.489 e. The summed E-state index contributed by atoms with van der Waals surface area (Å²) in [5.74, 6) is 0.395. The summed E-state index contributed by atoms with van der Waals surface area (Å²) < 4.78 is 5.81. The third-order valence-electron chi connectivity index (χ3n) is 5.35. The van der Waals surface area contributed by atoms with Gasteiger partial charge in [0.1, 0.15) is 12.4 Å². The molecule has 0 spiro atoms. The number of ether oxygens (including phenoxy) is 1. The molecule has 0 fully saturated rings. The molecule has 0 aliphatic carbocycles. The van der Waals surface area contributed by atoms with Crippen molar-refractivity contribution >= 4 is 5.91 Å². The lowest BCUT2D eigenvalue weighted by atomic mass is 10.0. The first-order valence-corrected chi connectivity index (χ1v) is 9.55. The van der Waals surface area contributed by atoms with Crippen LogP contribution in [0.3, 0.4) is 0 Å². The molecule has 1 heterocycles. The van der Waals surface area contributed by atoms with Gasteiger partial charge in [0, 0.05) is 11.1 Å². The predicted molar refractivity (Wildman–Crippen MR) is 109 cm³/mol. The van der Waals surface area contributed by atoms with Gasteiger partial charge in [-0.2, -0.15) is 0 Å². The normalized spacial score (nSPS) is 19.1. The summed E-state index contributed by atoms with van der Waals surface area (Å²) in [4.78, 5) is 14.3. The average Bonchev–Trinajstić information content (AvgIpc) is 2.96. The maximum Gasteiger partial charge on any atom is 0.257 e. The second kappa shape index (κ2) is 7.70. The highest BCUT2D eigenvalue weighted by Crippen LogP contribution is 2.42. The van der Waals surface area contributed by atoms with Crippen molar-refractivity contribution in [2.24, 2.45) is 0 Å². The molecular weight excluding hydrogens is 366 g/mol. The number of carbonyl (C=O) groups excluding carboxylic acids is 1. The van der Waals surface area contributed by atoms with Crippen molar-refractivity contribution in [2.75, 3.05) is 6.61 Å². The van der Waals surface area contributed by atoms with Gasteiger partial charge in [-0.1, -0.05) is 60.7 Å². The minimum absolute atomic E-state index is 0.297. The summed E-state index contributed by atoms with van der Waals surface area (Å²) in [6, 6.07) is 23.4. The van der Waals surface area contributed by atoms with Gasteiger partial charge in [-0.3, -0.25) is 9.69 Å². The highest BCUT2D eigenvalue weighted by molar-refractivity contribution is 5.99. The van der Waals surface area contributed by atoms with E-state index < -0.39 is 11.8 Å². The summed E-state index contributed by atoms with van der Waals surface area (Å²) in [6.45, 7) is 1.73. The number of rotatable bonds is 6. The van der Waals surface area contributed by atoms with Crippen LogP contribution < -0.4 is 4.74 Å². The Balaban J connectivity index is 1.55. The quantitative estimate of drug-likeness (QED) is 0.676. The van der Waals surface area contributed by atoms with Crippen LogP contribution in [0.1, 0.15) is 40.0 Å². The molecule has 5 nitrogen and oxygen atoms in total. The summed E-state index contributed by atoms with van der Waals surface area (Å²) in [6.07, 6.45) is 0. The number of hydrogen-bond acceptors (Lipinski definition) is 4. The molecule has 0 aromatic heterocycles. The van der Waals surface area contributed by atoms with Crippen LogP contribution in [0.25, 0.3) is 0 Å². The Hall–Kier alpha value is -3.15. The SMILES string of the molecule is CC1(O)c2ccccc2C(=O)N1[C@@H](CO)c1ccc(OCc2ccccc2)cc1. The van der Waals surface area contributed by atoms with Gasteiger partial charge in [-0.05, 0) is 36.2 Å². The Kier molecular flexibility index (Phi) is 5.09. The molecule has 2 N–H and O–H groups in total. The van der Waals surface area contributed by atoms with Crippen LogP contribution in [0.5, 0.6) is 5.75 Å². The molecule has 0 saturated carbocycles. The standard InChI is InChI=1S/C24H23NO4/c1-24(28)21-10-6-5-9-20(21)23(27)25(24)22(15-26)18-11-13-19(14-12-18)29-16-17-7-3-2-4-8-17/h2-14,22,26,28H,15-16H2,1H3/t22-,24?/m0/s1. The van der Waals surface area contributed by atoms with Crippen molar-refractivity contribution in [2.45, 2.75) is 25.3 Å². The predicted octanol–water partition coefficient (Wildman–Crippen LogP) is 3.62. The van der Waals surface area contributed by atoms with Crippen molar-refractivity contribution in [1.29, 1.82) is 0 Å². The molecule has 0 radical (unpaired) electrons. The van der Waals surface area contributed by atoms with E-state index >= 15 is 0 Å². The summed E-state index contributed by atoms with van der Waals surface area (Å²) in [5.41, 5.74) is 1.30. The molecule has 1 aliphatic rings. The van der Waals surface area contributed by atoms with Crippen molar-refractivity contribution in [1.82, 2.24) is 4.90 Å². The Morgan fingerprint density at radius 2 is 1.62 bits per heavy atom. The van der Waals surface area contributed by atoms with Crippen molar-refractivity contribution < 1.29 is 19.7 Å². The highest BCUT2D eigenvalue weighted by atomic mass is 16.5. The van der Waals surface area contributed by atoms with Gasteiger partial charge < -0.3 is 14.9 Å². The minimum atomic E-state index is -1.50. The van der Waals surface area contributed by atoms with E-state index in [4.69, 9.17) is 4.74 Å². The number of aliphatic hydroxyl groups excluding tert-OH is 1. The Labute approximate surface area is 169 Å². The third-order valence-corrected chi connectivity index (χ3v) is 5.35. The number of amides is 1. The number of aliphatic hydroxyl groups is 2. The number of nitrogens with zero attached hydrogens (tertiary/aromatic N) is 1. The largest absolute Gasteiger partial charge is 0.489 e. The molecule has 1 amide bonds. The zero-order valence-electron chi connectivity index (χ0n) is 16.2. The lowest BCUT2D eigenvalue weighted by Gasteiger charge is -2.37. The fraction of sp³-hybridized carbons (Fsp3) is 0.208. The van der Waals surface area contributed by atoms with Crippen LogP contribution >= 0.6 is 0 Å². The van der Waals surface area contributed by atoms with Crippen molar-refractivity contribution in [3.05, 3.63) is 101 Å². The van der Waals surface area contributed by atoms with E-state index in [1.807, 2.05) is 54.6 Å². The fourth-order valence-corrected chi connectivity index (χ4v) is 3.85. The van der Waals surface area contributed by atoms with Crippen LogP contribution in [0.15, 0.2) is 78.9 Å². The lowest BCUT2D eigenvalue weighted by Crippen LogP contribution is -2.45. The maximum atomic E-state index is 12.9. The average molecular weight is 389 g/mol. The van der Waals surface area contributed by atoms with E-state index in [0.717, 1.165) is 11.1 Å². The van der Waals surface area contributed by atoms with E-state index in [0.29, 0.717) is 23.5 Å². The van der Waals surface area contributed by atoms with Gasteiger partial charge in [0.15, 0.2) is 5.72 Å². The number of carbonyl (C=O) groups is 1. The smallest absolute Gasteiger partial charge is 0.257 e. The molecule has 1 unspecified atom stereocenters. The molecule has 148 valence electrons. The highest BCUT2D eigenvalue weighted by Gasteiger charge is 2.48. The topological polar surface area (TPSA) is 70.0 Å². The Bertz CT molecular complexity index is 999. The molecule has 29 heavy (non-hydrogen) atoms. The lowest BCUT2D eigenvalue weighted by molar-refractivity contribution is -0.0964. The zero-order chi connectivity index (χ0) is 20.4. The van der Waals surface area contributed by atoms with E-state index in [2.05, 4.69) is 0 Å². The molecule has 0 bridgehead atoms. The second-order valence-electron chi connectivity index (χ2n) is 7.28. The van der Waals surface area contributed by atoms with Gasteiger partial charge in [-0.25, -0.2) is 0 Å². The molecule has 3 aromatic rings. The van der Waals surface area contributed by atoms with E-state index in [9.17, 15) is 15.0 Å². The molecule has 3 aromatic carbocycles. The number of hydrogen-bond donors (Lipinski definition) is 2. The van der Waals surface area contributed by atoms with E-state index in [1.54, 1.807) is 31.2 Å². The van der Waals surface area contributed by atoms with Crippen LogP contribution in [-0.2, 0) is 12.3 Å². The van der Waals surface area contributed by atoms with Crippen molar-refractivity contribution in [3.8, 4) is 5.75 Å². The first-order valence-electron chi connectivity index (χ1n) is 9.55. The first-order chi connectivity index (χ1) is 14.0. The molecule has 1 aliphatic heterocycles. The maximum absolute atomic E-state index is 12.9. The van der Waals surface area contributed by atoms with Gasteiger partial charge in [0.2, 0.25) is 0 Å². The zero-order valence-corrected chi connectivity index (χ0v) is 16.2. The molecule has 5 heteroatoms. The third kappa shape index (κ3) is 3.50. The molecular formula is C24H23NO4. The number of benzene rings is 3. The number of fused-ring (bicyclic) bond motifs is 1. The molecule has 2 atom stereocenters. The van der Waals surface area contributed by atoms with Crippen LogP contribution in [0, 0.1) is 0 Å². The van der Waals surface area contributed by atoms with Crippen LogP contribution in [-0.4, -0.2) is 27.6 Å². The van der Waals surface area contributed by atoms with E-state index in [1.165, 1.54) is 4.90 Å². The monoisotopic (exact) mass is 389 g/mol. The fourth-order valence-electron chi connectivity index (χ4n) is 3.85. The summed E-state index contributed by atoms with van der Waals surface area (Å²) in [7, 11) is 0. The van der Waals surface area contributed by atoms with Gasteiger partial charge >= 0.3 is 0 Å². The second-order valence-corrected chi connectivity index (χ2v) is 7.28. The van der Waals surface area contributed by atoms with Gasteiger partial charge in [0.25, 0.3) is 5.91 Å². The van der Waals surface area contributed by atoms with Crippen LogP contribution in [0.4, 0.5) is 0 Å². The van der Waals surface area contributed by atoms with Crippen molar-refractivity contribution in [3.63, 3.8) is 0 Å². The van der Waals surface area contributed by atoms with Crippen LogP contribution in [0.2, 0.25) is 0 Å². The van der Waals surface area contributed by atoms with E-state index in [-0.39, 0.29) is 12.5 Å². The summed E-state index contributed by atoms with van der Waals surface area (Å²) in [5, 5.41) is 21.1. The first kappa shape index (κ1) is 19.2. The summed E-state index contributed by atoms with van der Waals surface area (Å²) >= 11 is 0. The van der Waals surface area contributed by atoms with Gasteiger partial charge in [-0.15, -0.1) is 0 Å². The van der Waals surface area contributed by atoms with Gasteiger partial charge in [0.05, 0.1) is 12.6 Å². The Morgan fingerprint density at radius 1 is 0.966 bits per heavy atom. The Morgan fingerprint density at radius 3 is 2.28 bits per heavy atom.